The average Bonchev–Trinajstić information content (AvgIpc) is 3.31. The van der Waals surface area contributed by atoms with Crippen molar-refractivity contribution in [3.8, 4) is 11.3 Å². The van der Waals surface area contributed by atoms with Gasteiger partial charge < -0.3 is 14.2 Å². The number of benzene rings is 2. The summed E-state index contributed by atoms with van der Waals surface area (Å²) in [5.74, 6) is 1.59. The number of aromatic nitrogens is 1. The summed E-state index contributed by atoms with van der Waals surface area (Å²) in [6.45, 7) is 1.03. The van der Waals surface area contributed by atoms with Gasteiger partial charge in [-0.2, -0.15) is 8.42 Å². The molecule has 7 nitrogen and oxygen atoms in total. The second kappa shape index (κ2) is 8.49. The second-order valence-corrected chi connectivity index (χ2v) is 11.9. The highest BCUT2D eigenvalue weighted by Crippen LogP contribution is 2.51. The van der Waals surface area contributed by atoms with Gasteiger partial charge in [-0.3, -0.25) is 4.55 Å². The summed E-state index contributed by atoms with van der Waals surface area (Å²) in [5.41, 5.74) is 2.23. The molecule has 2 aliphatic carbocycles. The van der Waals surface area contributed by atoms with E-state index in [2.05, 4.69) is 10.1 Å². The Hall–Kier alpha value is -2.10. The molecule has 1 aliphatic heterocycles. The van der Waals surface area contributed by atoms with Crippen LogP contribution in [0.15, 0.2) is 51.9 Å². The molecule has 2 atom stereocenters. The molecular weight excluding hydrogens is 511 g/mol. The zero-order valence-corrected chi connectivity index (χ0v) is 21.1. The standard InChI is InChI=1S/C25H24Cl2N2O5S/c26-20-5-2-6-21(27)22(20)23-19(24(34-28-23)16-7-8-16)14-33-25-10-9-15(12-25)13-29(25)17-3-1-4-18(11-17)35(30,31)32/h1-6,11,15-16H,7-10,12-14H2,(H,30,31,32)/t15-,25-/m0/s1. The molecule has 6 rings (SSSR count). The number of anilines is 1. The molecule has 1 N–H and O–H groups in total. The minimum atomic E-state index is -4.30. The quantitative estimate of drug-likeness (QED) is 0.355. The highest BCUT2D eigenvalue weighted by molar-refractivity contribution is 7.85. The summed E-state index contributed by atoms with van der Waals surface area (Å²) >= 11 is 13.0. The summed E-state index contributed by atoms with van der Waals surface area (Å²) in [7, 11) is -4.30. The van der Waals surface area contributed by atoms with Crippen LogP contribution in [0.5, 0.6) is 0 Å². The number of halogens is 2. The molecule has 0 amide bonds. The highest BCUT2D eigenvalue weighted by Gasteiger charge is 2.52. The lowest BCUT2D eigenvalue weighted by atomic mass is 10.0. The van der Waals surface area contributed by atoms with Gasteiger partial charge >= 0.3 is 0 Å². The molecular formula is C25H24Cl2N2O5S. The summed E-state index contributed by atoms with van der Waals surface area (Å²) in [6.07, 6.45) is 4.78. The van der Waals surface area contributed by atoms with Crippen LogP contribution in [0.2, 0.25) is 10.0 Å². The van der Waals surface area contributed by atoms with Gasteiger partial charge in [0.25, 0.3) is 10.1 Å². The number of hydrogen-bond acceptors (Lipinski definition) is 6. The van der Waals surface area contributed by atoms with E-state index in [0.717, 1.165) is 50.0 Å². The monoisotopic (exact) mass is 534 g/mol. The first-order chi connectivity index (χ1) is 16.7. The van der Waals surface area contributed by atoms with Crippen molar-refractivity contribution in [2.45, 2.75) is 55.2 Å². The first-order valence-electron chi connectivity index (χ1n) is 11.7. The maximum Gasteiger partial charge on any atom is 0.294 e. The van der Waals surface area contributed by atoms with Gasteiger partial charge in [-0.05, 0) is 68.4 Å². The molecule has 0 spiro atoms. The van der Waals surface area contributed by atoms with E-state index in [0.29, 0.717) is 38.8 Å². The third kappa shape index (κ3) is 4.15. The predicted molar refractivity (Wildman–Crippen MR) is 132 cm³/mol. The van der Waals surface area contributed by atoms with E-state index in [-0.39, 0.29) is 11.5 Å². The van der Waals surface area contributed by atoms with Crippen LogP contribution in [0.25, 0.3) is 11.3 Å². The first kappa shape index (κ1) is 23.3. The van der Waals surface area contributed by atoms with E-state index in [1.807, 2.05) is 6.07 Å². The number of piperidine rings is 1. The van der Waals surface area contributed by atoms with Crippen LogP contribution >= 0.6 is 23.2 Å². The Labute approximate surface area is 213 Å². The van der Waals surface area contributed by atoms with Crippen LogP contribution < -0.4 is 4.90 Å². The van der Waals surface area contributed by atoms with E-state index in [9.17, 15) is 13.0 Å². The second-order valence-electron chi connectivity index (χ2n) is 9.67. The number of hydrogen-bond donors (Lipinski definition) is 1. The molecule has 2 bridgehead atoms. The highest BCUT2D eigenvalue weighted by atomic mass is 35.5. The Morgan fingerprint density at radius 3 is 2.57 bits per heavy atom. The molecule has 184 valence electrons. The molecule has 10 heteroatoms. The summed E-state index contributed by atoms with van der Waals surface area (Å²) < 4.78 is 45.5. The van der Waals surface area contributed by atoms with Crippen LogP contribution in [0.3, 0.4) is 0 Å². The summed E-state index contributed by atoms with van der Waals surface area (Å²) in [4.78, 5) is 2.00. The van der Waals surface area contributed by atoms with Crippen molar-refractivity contribution >= 4 is 39.0 Å². The lowest BCUT2D eigenvalue weighted by Gasteiger charge is -2.40. The van der Waals surface area contributed by atoms with Gasteiger partial charge in [0.1, 0.15) is 17.2 Å². The number of fused-ring (bicyclic) bond motifs is 2. The SMILES string of the molecule is O=S(=O)(O)c1cccc(N2C[C@H]3CC[C@]2(OCc2c(-c4c(Cl)cccc4Cl)noc2C2CC2)C3)c1. The van der Waals surface area contributed by atoms with Crippen molar-refractivity contribution in [2.24, 2.45) is 5.92 Å². The van der Waals surface area contributed by atoms with Gasteiger partial charge in [0.15, 0.2) is 0 Å². The smallest absolute Gasteiger partial charge is 0.294 e. The van der Waals surface area contributed by atoms with Crippen molar-refractivity contribution in [1.29, 1.82) is 0 Å². The summed E-state index contributed by atoms with van der Waals surface area (Å²) in [5, 5.41) is 5.35. The third-order valence-corrected chi connectivity index (χ3v) is 8.84. The lowest BCUT2D eigenvalue weighted by molar-refractivity contribution is -0.0452. The Kier molecular flexibility index (Phi) is 5.65. The van der Waals surface area contributed by atoms with Gasteiger partial charge in [0.05, 0.1) is 21.5 Å². The Bertz CT molecular complexity index is 1380. The van der Waals surface area contributed by atoms with Crippen LogP contribution in [0.1, 0.15) is 49.3 Å². The molecule has 35 heavy (non-hydrogen) atoms. The van der Waals surface area contributed by atoms with Gasteiger partial charge in [-0.1, -0.05) is 40.5 Å². The van der Waals surface area contributed by atoms with Crippen LogP contribution in [-0.4, -0.2) is 30.4 Å². The maximum absolute atomic E-state index is 11.7. The van der Waals surface area contributed by atoms with E-state index < -0.39 is 15.8 Å². The van der Waals surface area contributed by atoms with Crippen molar-refractivity contribution in [1.82, 2.24) is 5.16 Å². The minimum absolute atomic E-state index is 0.126. The molecule has 2 aromatic carbocycles. The zero-order valence-electron chi connectivity index (χ0n) is 18.8. The van der Waals surface area contributed by atoms with Crippen molar-refractivity contribution in [3.63, 3.8) is 0 Å². The maximum atomic E-state index is 11.7. The first-order valence-corrected chi connectivity index (χ1v) is 13.9. The van der Waals surface area contributed by atoms with E-state index in [1.54, 1.807) is 24.3 Å². The topological polar surface area (TPSA) is 92.9 Å². The van der Waals surface area contributed by atoms with E-state index >= 15 is 0 Å². The molecule has 0 unspecified atom stereocenters. The number of rotatable bonds is 7. The summed E-state index contributed by atoms with van der Waals surface area (Å²) in [6, 6.07) is 11.7. The molecule has 2 saturated carbocycles. The molecule has 0 radical (unpaired) electrons. The lowest BCUT2D eigenvalue weighted by Crippen LogP contribution is -2.47. The Morgan fingerprint density at radius 1 is 1.14 bits per heavy atom. The number of nitrogens with zero attached hydrogens (tertiary/aromatic N) is 2. The predicted octanol–water partition coefficient (Wildman–Crippen LogP) is 6.31. The molecule has 3 aliphatic rings. The average molecular weight is 535 g/mol. The van der Waals surface area contributed by atoms with Crippen molar-refractivity contribution in [2.75, 3.05) is 11.4 Å². The molecule has 3 fully saturated rings. The third-order valence-electron chi connectivity index (χ3n) is 7.36. The van der Waals surface area contributed by atoms with Gasteiger partial charge in [-0.25, -0.2) is 0 Å². The van der Waals surface area contributed by atoms with Crippen LogP contribution in [-0.2, 0) is 21.5 Å². The number of ether oxygens (including phenoxy) is 1. The van der Waals surface area contributed by atoms with Crippen molar-refractivity contribution in [3.05, 3.63) is 63.8 Å². The zero-order chi connectivity index (χ0) is 24.4. The van der Waals surface area contributed by atoms with Gasteiger partial charge in [-0.15, -0.1) is 0 Å². The largest absolute Gasteiger partial charge is 0.360 e. The molecule has 1 aromatic heterocycles. The molecule has 3 aromatic rings. The van der Waals surface area contributed by atoms with Crippen LogP contribution in [0, 0.1) is 5.92 Å². The minimum Gasteiger partial charge on any atom is -0.360 e. The fraction of sp³-hybridized carbons (Fsp3) is 0.400. The van der Waals surface area contributed by atoms with E-state index in [4.69, 9.17) is 32.5 Å². The van der Waals surface area contributed by atoms with Crippen LogP contribution in [0.4, 0.5) is 5.69 Å². The van der Waals surface area contributed by atoms with Gasteiger partial charge in [0.2, 0.25) is 0 Å². The van der Waals surface area contributed by atoms with Crippen molar-refractivity contribution < 1.29 is 22.2 Å². The Balaban J connectivity index is 1.35. The fourth-order valence-corrected chi connectivity index (χ4v) is 6.62. The molecule has 1 saturated heterocycles. The molecule has 2 heterocycles. The van der Waals surface area contributed by atoms with E-state index in [1.165, 1.54) is 12.1 Å². The Morgan fingerprint density at radius 2 is 1.89 bits per heavy atom. The fourth-order valence-electron chi connectivity index (χ4n) is 5.53. The normalized spacial score (nSPS) is 23.9. The van der Waals surface area contributed by atoms with Gasteiger partial charge in [0, 0.05) is 29.3 Å².